The van der Waals surface area contributed by atoms with Crippen LogP contribution in [0.3, 0.4) is 0 Å². The van der Waals surface area contributed by atoms with Crippen LogP contribution in [0.5, 0.6) is 11.6 Å². The average molecular weight is 399 g/mol. The van der Waals surface area contributed by atoms with Crippen molar-refractivity contribution in [3.05, 3.63) is 66.2 Å². The summed E-state index contributed by atoms with van der Waals surface area (Å²) in [5.41, 5.74) is 4.97. The number of hydrogen-bond acceptors (Lipinski definition) is 7. The Morgan fingerprint density at radius 2 is 1.90 bits per heavy atom. The van der Waals surface area contributed by atoms with Crippen LogP contribution in [0.4, 0.5) is 5.82 Å². The molecular weight excluding hydrogens is 378 g/mol. The maximum absolute atomic E-state index is 5.73. The maximum Gasteiger partial charge on any atom is 0.257 e. The van der Waals surface area contributed by atoms with E-state index in [1.165, 1.54) is 0 Å². The standard InChI is InChI=1S/C23H21N5O2/c1-15-2-3-17-12-18(4-5-19(17)28-15)20-13-21(27-14-26-20)24-8-6-16-7-9-25-23-22(16)29-10-11-30-23/h2-5,7,9,12-14H,6,8,10-11H2,1H3,(H,24,26,27). The first-order valence-corrected chi connectivity index (χ1v) is 9.93. The molecule has 1 aliphatic heterocycles. The highest BCUT2D eigenvalue weighted by molar-refractivity contribution is 5.84. The summed E-state index contributed by atoms with van der Waals surface area (Å²) in [6.07, 6.45) is 4.11. The zero-order chi connectivity index (χ0) is 20.3. The number of benzene rings is 1. The van der Waals surface area contributed by atoms with Crippen molar-refractivity contribution in [2.75, 3.05) is 25.1 Å². The first-order chi connectivity index (χ1) is 14.8. The number of aromatic nitrogens is 4. The Morgan fingerprint density at radius 1 is 0.967 bits per heavy atom. The lowest BCUT2D eigenvalue weighted by Crippen LogP contribution is -2.18. The second-order valence-corrected chi connectivity index (χ2v) is 7.13. The van der Waals surface area contributed by atoms with Crippen molar-refractivity contribution < 1.29 is 9.47 Å². The van der Waals surface area contributed by atoms with E-state index in [0.29, 0.717) is 25.6 Å². The van der Waals surface area contributed by atoms with Gasteiger partial charge in [-0.1, -0.05) is 12.1 Å². The van der Waals surface area contributed by atoms with Crippen LogP contribution in [0.1, 0.15) is 11.3 Å². The molecule has 0 radical (unpaired) electrons. The Hall–Kier alpha value is -3.74. The number of ether oxygens (including phenoxy) is 2. The fourth-order valence-electron chi connectivity index (χ4n) is 3.53. The highest BCUT2D eigenvalue weighted by Gasteiger charge is 2.16. The largest absolute Gasteiger partial charge is 0.484 e. The predicted octanol–water partition coefficient (Wildman–Crippen LogP) is 3.82. The smallest absolute Gasteiger partial charge is 0.257 e. The van der Waals surface area contributed by atoms with Crippen molar-refractivity contribution in [3.63, 3.8) is 0 Å². The van der Waals surface area contributed by atoms with Gasteiger partial charge in [-0.15, -0.1) is 0 Å². The molecule has 1 N–H and O–H groups in total. The number of anilines is 1. The molecule has 150 valence electrons. The molecule has 7 heteroatoms. The third-order valence-electron chi connectivity index (χ3n) is 5.01. The SMILES string of the molecule is Cc1ccc2cc(-c3cc(NCCc4ccnc5c4OCCO5)ncn3)ccc2n1. The Kier molecular flexibility index (Phi) is 4.85. The van der Waals surface area contributed by atoms with E-state index in [9.17, 15) is 0 Å². The summed E-state index contributed by atoms with van der Waals surface area (Å²) < 4.78 is 11.3. The van der Waals surface area contributed by atoms with Crippen LogP contribution in [0.25, 0.3) is 22.2 Å². The van der Waals surface area contributed by atoms with E-state index in [1.807, 2.05) is 37.3 Å². The van der Waals surface area contributed by atoms with Crippen LogP contribution in [0, 0.1) is 6.92 Å². The van der Waals surface area contributed by atoms with Crippen LogP contribution in [-0.4, -0.2) is 39.7 Å². The van der Waals surface area contributed by atoms with E-state index < -0.39 is 0 Å². The van der Waals surface area contributed by atoms with Gasteiger partial charge >= 0.3 is 0 Å². The molecule has 1 aliphatic rings. The van der Waals surface area contributed by atoms with E-state index in [4.69, 9.17) is 9.47 Å². The van der Waals surface area contributed by atoms with Crippen LogP contribution < -0.4 is 14.8 Å². The van der Waals surface area contributed by atoms with Crippen molar-refractivity contribution in [2.45, 2.75) is 13.3 Å². The summed E-state index contributed by atoms with van der Waals surface area (Å²) in [6.45, 7) is 3.79. The molecule has 4 heterocycles. The van der Waals surface area contributed by atoms with Gasteiger partial charge in [0.2, 0.25) is 0 Å². The normalized spacial score (nSPS) is 12.7. The molecule has 0 fully saturated rings. The minimum atomic E-state index is 0.538. The zero-order valence-electron chi connectivity index (χ0n) is 16.6. The lowest BCUT2D eigenvalue weighted by atomic mass is 10.1. The van der Waals surface area contributed by atoms with Gasteiger partial charge in [0, 0.05) is 41.0 Å². The fourth-order valence-corrected chi connectivity index (χ4v) is 3.53. The monoisotopic (exact) mass is 399 g/mol. The summed E-state index contributed by atoms with van der Waals surface area (Å²) >= 11 is 0. The number of aryl methyl sites for hydroxylation is 1. The number of nitrogens with one attached hydrogen (secondary N) is 1. The summed E-state index contributed by atoms with van der Waals surface area (Å²) in [5, 5.41) is 4.47. The van der Waals surface area contributed by atoms with Crippen molar-refractivity contribution in [1.82, 2.24) is 19.9 Å². The van der Waals surface area contributed by atoms with Crippen LogP contribution in [0.2, 0.25) is 0 Å². The summed E-state index contributed by atoms with van der Waals surface area (Å²) in [4.78, 5) is 17.6. The van der Waals surface area contributed by atoms with E-state index in [0.717, 1.165) is 51.4 Å². The average Bonchev–Trinajstić information content (AvgIpc) is 2.79. The lowest BCUT2D eigenvalue weighted by molar-refractivity contribution is 0.163. The predicted molar refractivity (Wildman–Crippen MR) is 115 cm³/mol. The molecule has 5 rings (SSSR count). The minimum absolute atomic E-state index is 0.538. The second kappa shape index (κ2) is 7.94. The van der Waals surface area contributed by atoms with Gasteiger partial charge in [0.1, 0.15) is 25.4 Å². The fraction of sp³-hybridized carbons (Fsp3) is 0.217. The Bertz CT molecular complexity index is 1210. The van der Waals surface area contributed by atoms with Gasteiger partial charge in [-0.05, 0) is 37.6 Å². The molecule has 0 saturated heterocycles. The topological polar surface area (TPSA) is 82.1 Å². The highest BCUT2D eigenvalue weighted by atomic mass is 16.6. The molecule has 0 atom stereocenters. The number of nitrogens with zero attached hydrogens (tertiary/aromatic N) is 4. The molecule has 0 bridgehead atoms. The molecule has 0 aliphatic carbocycles. The van der Waals surface area contributed by atoms with E-state index in [2.05, 4.69) is 37.4 Å². The molecular formula is C23H21N5O2. The Labute approximate surface area is 174 Å². The molecule has 0 unspecified atom stereocenters. The molecule has 3 aromatic heterocycles. The summed E-state index contributed by atoms with van der Waals surface area (Å²) in [7, 11) is 0. The van der Waals surface area contributed by atoms with Crippen molar-refractivity contribution >= 4 is 16.7 Å². The van der Waals surface area contributed by atoms with Gasteiger partial charge in [0.15, 0.2) is 5.75 Å². The number of rotatable bonds is 5. The summed E-state index contributed by atoms with van der Waals surface area (Å²) in [6, 6.07) is 14.2. The van der Waals surface area contributed by atoms with E-state index in [1.54, 1.807) is 12.5 Å². The number of pyridine rings is 2. The van der Waals surface area contributed by atoms with E-state index in [-0.39, 0.29) is 0 Å². The quantitative estimate of drug-likeness (QED) is 0.546. The Morgan fingerprint density at radius 3 is 2.87 bits per heavy atom. The first-order valence-electron chi connectivity index (χ1n) is 9.93. The minimum Gasteiger partial charge on any atom is -0.484 e. The highest BCUT2D eigenvalue weighted by Crippen LogP contribution is 2.31. The molecule has 0 amide bonds. The van der Waals surface area contributed by atoms with Crippen molar-refractivity contribution in [2.24, 2.45) is 0 Å². The third-order valence-corrected chi connectivity index (χ3v) is 5.01. The van der Waals surface area contributed by atoms with Gasteiger partial charge in [-0.2, -0.15) is 0 Å². The van der Waals surface area contributed by atoms with Gasteiger partial charge in [0.25, 0.3) is 5.88 Å². The van der Waals surface area contributed by atoms with Crippen LogP contribution in [0.15, 0.2) is 55.0 Å². The van der Waals surface area contributed by atoms with Crippen molar-refractivity contribution in [1.29, 1.82) is 0 Å². The number of fused-ring (bicyclic) bond motifs is 2. The zero-order valence-corrected chi connectivity index (χ0v) is 16.6. The van der Waals surface area contributed by atoms with Crippen molar-refractivity contribution in [3.8, 4) is 22.9 Å². The molecule has 30 heavy (non-hydrogen) atoms. The van der Waals surface area contributed by atoms with Crippen LogP contribution >= 0.6 is 0 Å². The van der Waals surface area contributed by atoms with Crippen LogP contribution in [-0.2, 0) is 6.42 Å². The molecule has 0 saturated carbocycles. The Balaban J connectivity index is 1.30. The summed E-state index contributed by atoms with van der Waals surface area (Å²) in [5.74, 6) is 2.10. The first kappa shape index (κ1) is 18.3. The van der Waals surface area contributed by atoms with Gasteiger partial charge in [-0.3, -0.25) is 4.98 Å². The molecule has 7 nitrogen and oxygen atoms in total. The van der Waals surface area contributed by atoms with Gasteiger partial charge < -0.3 is 14.8 Å². The lowest BCUT2D eigenvalue weighted by Gasteiger charge is -2.19. The van der Waals surface area contributed by atoms with E-state index >= 15 is 0 Å². The second-order valence-electron chi connectivity index (χ2n) is 7.13. The molecule has 1 aromatic carbocycles. The maximum atomic E-state index is 5.73. The number of hydrogen-bond donors (Lipinski definition) is 1. The van der Waals surface area contributed by atoms with Gasteiger partial charge in [0.05, 0.1) is 11.2 Å². The third kappa shape index (κ3) is 3.74. The molecule has 4 aromatic rings. The molecule has 0 spiro atoms. The van der Waals surface area contributed by atoms with Gasteiger partial charge in [-0.25, -0.2) is 15.0 Å².